The Kier molecular flexibility index (Phi) is 44.6. The fraction of sp³-hybridized carbons (Fsp3) is 0.971. The molecule has 0 atom stereocenters. The molecule has 0 aromatic carbocycles. The molecule has 0 N–H and O–H groups in total. The Morgan fingerprint density at radius 2 is 0.592 bits per heavy atom. The number of unbranched alkanes of at least 4 members (excludes halogenated alkanes) is 3. The van der Waals surface area contributed by atoms with E-state index in [1.54, 1.807) is 0 Å². The second kappa shape index (κ2) is 45.3. The number of alkyl halides is 1. The first-order valence-electron chi connectivity index (χ1n) is 18.0. The van der Waals surface area contributed by atoms with Gasteiger partial charge in [-0.3, -0.25) is 4.79 Å². The minimum Gasteiger partial charge on any atom is -0.463 e. The smallest absolute Gasteiger partial charge is 0.305 e. The van der Waals surface area contributed by atoms with Gasteiger partial charge in [-0.2, -0.15) is 0 Å². The SMILES string of the molecule is CCCC(=O)OCCOCCOCCOCCOCCOCCOCCOCCOCCOCCOCCOCCOCCCCCCCl. The maximum absolute atomic E-state index is 11.2. The van der Waals surface area contributed by atoms with Crippen LogP contribution in [0.3, 0.4) is 0 Å². The van der Waals surface area contributed by atoms with Gasteiger partial charge in [0.2, 0.25) is 0 Å². The van der Waals surface area contributed by atoms with Crippen molar-refractivity contribution in [3.05, 3.63) is 0 Å². The average Bonchev–Trinajstić information content (AvgIpc) is 3.10. The molecular weight excluding hydrogens is 668 g/mol. The Balaban J connectivity index is 3.06. The van der Waals surface area contributed by atoms with Crippen LogP contribution < -0.4 is 0 Å². The maximum atomic E-state index is 11.2. The molecule has 0 amide bonds. The van der Waals surface area contributed by atoms with Gasteiger partial charge in [-0.15, -0.1) is 11.6 Å². The zero-order chi connectivity index (χ0) is 35.4. The summed E-state index contributed by atoms with van der Waals surface area (Å²) in [6.45, 7) is 14.6. The summed E-state index contributed by atoms with van der Waals surface area (Å²) in [6, 6.07) is 0. The lowest BCUT2D eigenvalue weighted by Gasteiger charge is -2.09. The topological polar surface area (TPSA) is 137 Å². The summed E-state index contributed by atoms with van der Waals surface area (Å²) < 4.78 is 70.6. The van der Waals surface area contributed by atoms with Crippen LogP contribution in [0.25, 0.3) is 0 Å². The number of esters is 1. The van der Waals surface area contributed by atoms with Crippen LogP contribution in [0.1, 0.15) is 45.4 Å². The third-order valence-corrected chi connectivity index (χ3v) is 6.48. The van der Waals surface area contributed by atoms with E-state index in [0.717, 1.165) is 38.2 Å². The summed E-state index contributed by atoms with van der Waals surface area (Å²) in [4.78, 5) is 11.2. The van der Waals surface area contributed by atoms with Crippen molar-refractivity contribution in [3.8, 4) is 0 Å². The molecule has 14 nitrogen and oxygen atoms in total. The molecule has 0 saturated heterocycles. The van der Waals surface area contributed by atoms with Gasteiger partial charge in [0, 0.05) is 18.9 Å². The summed E-state index contributed by atoms with van der Waals surface area (Å²) >= 11 is 5.65. The van der Waals surface area contributed by atoms with Crippen LogP contribution in [0.15, 0.2) is 0 Å². The third kappa shape index (κ3) is 45.3. The lowest BCUT2D eigenvalue weighted by Crippen LogP contribution is -2.15. The Hall–Kier alpha value is -0.720. The van der Waals surface area contributed by atoms with Crippen LogP contribution in [-0.4, -0.2) is 177 Å². The summed E-state index contributed by atoms with van der Waals surface area (Å²) in [7, 11) is 0. The average molecular weight is 735 g/mol. The molecule has 0 aliphatic heterocycles. The van der Waals surface area contributed by atoms with Gasteiger partial charge in [0.1, 0.15) is 6.61 Å². The molecule has 0 rings (SSSR count). The van der Waals surface area contributed by atoms with Gasteiger partial charge >= 0.3 is 5.97 Å². The van der Waals surface area contributed by atoms with Gasteiger partial charge in [0.15, 0.2) is 0 Å². The fourth-order valence-electron chi connectivity index (χ4n) is 3.66. The molecule has 0 aliphatic rings. The lowest BCUT2D eigenvalue weighted by atomic mass is 10.2. The molecule has 0 aromatic rings. The van der Waals surface area contributed by atoms with E-state index in [0.29, 0.717) is 158 Å². The zero-order valence-electron chi connectivity index (χ0n) is 30.2. The van der Waals surface area contributed by atoms with Crippen LogP contribution >= 0.6 is 11.6 Å². The molecular formula is C34H67ClO14. The Bertz CT molecular complexity index is 623. The van der Waals surface area contributed by atoms with Crippen LogP contribution in [0.4, 0.5) is 0 Å². The molecule has 0 spiro atoms. The van der Waals surface area contributed by atoms with E-state index in [9.17, 15) is 4.79 Å². The standard InChI is InChI=1S/C34H67ClO14/c1-2-7-34(36)49-33-32-48-31-30-47-29-28-46-27-26-45-25-24-44-23-22-43-21-20-42-19-18-41-17-16-40-15-14-39-13-12-38-11-10-37-9-6-4-3-5-8-35/h2-33H2,1H3. The van der Waals surface area contributed by atoms with Crippen molar-refractivity contribution in [1.29, 1.82) is 0 Å². The first kappa shape index (κ1) is 48.3. The van der Waals surface area contributed by atoms with Crippen molar-refractivity contribution >= 4 is 17.6 Å². The van der Waals surface area contributed by atoms with Crippen molar-refractivity contribution in [2.24, 2.45) is 0 Å². The molecule has 15 heteroatoms. The van der Waals surface area contributed by atoms with E-state index >= 15 is 0 Å². The quantitative estimate of drug-likeness (QED) is 0.0514. The Morgan fingerprint density at radius 1 is 0.347 bits per heavy atom. The first-order valence-corrected chi connectivity index (χ1v) is 18.5. The highest BCUT2D eigenvalue weighted by molar-refractivity contribution is 6.17. The molecule has 0 heterocycles. The van der Waals surface area contributed by atoms with Crippen LogP contribution in [0.5, 0.6) is 0 Å². The molecule has 294 valence electrons. The number of carbonyl (C=O) groups excluding carboxylic acids is 1. The molecule has 0 unspecified atom stereocenters. The number of carbonyl (C=O) groups is 1. The van der Waals surface area contributed by atoms with E-state index in [4.69, 9.17) is 73.2 Å². The molecule has 0 saturated carbocycles. The monoisotopic (exact) mass is 734 g/mol. The van der Waals surface area contributed by atoms with Gasteiger partial charge in [0.25, 0.3) is 0 Å². The second-order valence-corrected chi connectivity index (χ2v) is 10.8. The minimum atomic E-state index is -0.189. The van der Waals surface area contributed by atoms with Crippen molar-refractivity contribution in [1.82, 2.24) is 0 Å². The Morgan fingerprint density at radius 3 is 0.857 bits per heavy atom. The number of hydrogen-bond acceptors (Lipinski definition) is 14. The van der Waals surface area contributed by atoms with E-state index in [2.05, 4.69) is 0 Å². The summed E-state index contributed by atoms with van der Waals surface area (Å²) in [5.74, 6) is 0.552. The van der Waals surface area contributed by atoms with Gasteiger partial charge in [-0.1, -0.05) is 19.8 Å². The van der Waals surface area contributed by atoms with Gasteiger partial charge in [0.05, 0.1) is 152 Å². The van der Waals surface area contributed by atoms with E-state index < -0.39 is 0 Å². The van der Waals surface area contributed by atoms with Gasteiger partial charge < -0.3 is 61.6 Å². The van der Waals surface area contributed by atoms with Crippen LogP contribution in [0.2, 0.25) is 0 Å². The lowest BCUT2D eigenvalue weighted by molar-refractivity contribution is -0.145. The van der Waals surface area contributed by atoms with Crippen LogP contribution in [0, 0.1) is 0 Å². The van der Waals surface area contributed by atoms with Crippen molar-refractivity contribution in [2.75, 3.05) is 171 Å². The predicted molar refractivity (Wildman–Crippen MR) is 185 cm³/mol. The predicted octanol–water partition coefficient (Wildman–Crippen LogP) is 3.33. The highest BCUT2D eigenvalue weighted by Gasteiger charge is 2.00. The number of halogens is 1. The van der Waals surface area contributed by atoms with Crippen LogP contribution in [-0.2, 0) is 66.4 Å². The normalized spacial score (nSPS) is 11.5. The number of hydrogen-bond donors (Lipinski definition) is 0. The molecule has 0 fully saturated rings. The summed E-state index contributed by atoms with van der Waals surface area (Å²) in [6.07, 6.45) is 5.71. The first-order chi connectivity index (χ1) is 24.3. The molecule has 49 heavy (non-hydrogen) atoms. The highest BCUT2D eigenvalue weighted by atomic mass is 35.5. The minimum absolute atomic E-state index is 0.189. The largest absolute Gasteiger partial charge is 0.463 e. The highest BCUT2D eigenvalue weighted by Crippen LogP contribution is 2.01. The zero-order valence-corrected chi connectivity index (χ0v) is 31.0. The van der Waals surface area contributed by atoms with Crippen molar-refractivity contribution in [3.63, 3.8) is 0 Å². The second-order valence-electron chi connectivity index (χ2n) is 10.4. The van der Waals surface area contributed by atoms with E-state index in [-0.39, 0.29) is 12.6 Å². The summed E-state index contributed by atoms with van der Waals surface area (Å²) in [5.41, 5.74) is 0. The van der Waals surface area contributed by atoms with E-state index in [1.807, 2.05) is 6.92 Å². The molecule has 0 aromatic heterocycles. The fourth-order valence-corrected chi connectivity index (χ4v) is 3.85. The summed E-state index contributed by atoms with van der Waals surface area (Å²) in [5, 5.41) is 0. The third-order valence-electron chi connectivity index (χ3n) is 6.21. The number of rotatable bonds is 44. The molecule has 0 radical (unpaired) electrons. The van der Waals surface area contributed by atoms with Crippen molar-refractivity contribution in [2.45, 2.75) is 45.4 Å². The molecule has 0 aliphatic carbocycles. The van der Waals surface area contributed by atoms with Gasteiger partial charge in [-0.25, -0.2) is 0 Å². The molecule has 0 bridgehead atoms. The Labute approximate surface area is 300 Å². The van der Waals surface area contributed by atoms with Gasteiger partial charge in [-0.05, 0) is 19.3 Å². The number of ether oxygens (including phenoxy) is 13. The van der Waals surface area contributed by atoms with Crippen molar-refractivity contribution < 1.29 is 66.4 Å². The van der Waals surface area contributed by atoms with E-state index in [1.165, 1.54) is 6.42 Å². The maximum Gasteiger partial charge on any atom is 0.305 e.